The van der Waals surface area contributed by atoms with E-state index >= 15 is 0 Å². The predicted molar refractivity (Wildman–Crippen MR) is 73.8 cm³/mol. The summed E-state index contributed by atoms with van der Waals surface area (Å²) in [6, 6.07) is 3.02. The highest BCUT2D eigenvalue weighted by Crippen LogP contribution is 2.18. The minimum atomic E-state index is -4.02. The molecule has 6 nitrogen and oxygen atoms in total. The zero-order chi connectivity index (χ0) is 15.3. The highest BCUT2D eigenvalue weighted by atomic mass is 32.2. The molecule has 1 rings (SSSR count). The summed E-state index contributed by atoms with van der Waals surface area (Å²) in [7, 11) is -4.02. The number of nitrogens with two attached hydrogens (primary N) is 1. The Labute approximate surface area is 117 Å². The minimum Gasteiger partial charge on any atom is -0.398 e. The standard InChI is InChI=1S/C12H18FN3O3S/c1-8(2)6-15-12(17)7-16-20(18,19)11-5-9(13)3-4-10(11)14/h3-5,8,16H,6-7,14H2,1-2H3,(H,15,17). The van der Waals surface area contributed by atoms with E-state index in [1.165, 1.54) is 0 Å². The lowest BCUT2D eigenvalue weighted by Crippen LogP contribution is -2.38. The molecule has 0 atom stereocenters. The van der Waals surface area contributed by atoms with Crippen LogP contribution in [0.2, 0.25) is 0 Å². The van der Waals surface area contributed by atoms with E-state index in [0.29, 0.717) is 6.54 Å². The van der Waals surface area contributed by atoms with Crippen molar-refractivity contribution in [3.8, 4) is 0 Å². The molecule has 0 radical (unpaired) electrons. The van der Waals surface area contributed by atoms with Gasteiger partial charge in [-0.25, -0.2) is 17.5 Å². The van der Waals surface area contributed by atoms with Gasteiger partial charge in [-0.1, -0.05) is 13.8 Å². The molecule has 1 aromatic rings. The van der Waals surface area contributed by atoms with Gasteiger partial charge in [0.25, 0.3) is 0 Å². The molecule has 0 aliphatic rings. The molecule has 20 heavy (non-hydrogen) atoms. The lowest BCUT2D eigenvalue weighted by molar-refractivity contribution is -0.120. The van der Waals surface area contributed by atoms with Crippen LogP contribution in [0.3, 0.4) is 0 Å². The first-order valence-corrected chi connectivity index (χ1v) is 7.52. The molecule has 0 saturated heterocycles. The van der Waals surface area contributed by atoms with Gasteiger partial charge in [0.05, 0.1) is 12.2 Å². The highest BCUT2D eigenvalue weighted by molar-refractivity contribution is 7.89. The molecule has 4 N–H and O–H groups in total. The lowest BCUT2D eigenvalue weighted by Gasteiger charge is -2.10. The Balaban J connectivity index is 2.71. The summed E-state index contributed by atoms with van der Waals surface area (Å²) in [6.07, 6.45) is 0. The third kappa shape index (κ3) is 4.78. The number of nitrogen functional groups attached to an aromatic ring is 1. The number of carbonyl (C=O) groups is 1. The fraction of sp³-hybridized carbons (Fsp3) is 0.417. The van der Waals surface area contributed by atoms with Gasteiger partial charge in [0.15, 0.2) is 0 Å². The maximum atomic E-state index is 13.1. The van der Waals surface area contributed by atoms with Crippen molar-refractivity contribution in [2.24, 2.45) is 5.92 Å². The summed E-state index contributed by atoms with van der Waals surface area (Å²) >= 11 is 0. The van der Waals surface area contributed by atoms with Crippen LogP contribution in [-0.4, -0.2) is 27.4 Å². The normalized spacial score (nSPS) is 11.6. The Morgan fingerprint density at radius 3 is 2.65 bits per heavy atom. The third-order valence-corrected chi connectivity index (χ3v) is 3.85. The monoisotopic (exact) mass is 303 g/mol. The number of sulfonamides is 1. The lowest BCUT2D eigenvalue weighted by atomic mass is 10.2. The van der Waals surface area contributed by atoms with Crippen LogP contribution in [0, 0.1) is 11.7 Å². The summed E-state index contributed by atoms with van der Waals surface area (Å²) in [5.74, 6) is -0.921. The number of hydrogen-bond acceptors (Lipinski definition) is 4. The second kappa shape index (κ2) is 6.67. The van der Waals surface area contributed by atoms with Crippen molar-refractivity contribution in [1.82, 2.24) is 10.0 Å². The van der Waals surface area contributed by atoms with Crippen molar-refractivity contribution < 1.29 is 17.6 Å². The molecule has 1 aromatic carbocycles. The molecule has 0 aromatic heterocycles. The second-order valence-corrected chi connectivity index (χ2v) is 6.44. The van der Waals surface area contributed by atoms with Gasteiger partial charge < -0.3 is 11.1 Å². The van der Waals surface area contributed by atoms with Gasteiger partial charge in [0.1, 0.15) is 10.7 Å². The predicted octanol–water partition coefficient (Wildman–Crippen LogP) is 0.458. The van der Waals surface area contributed by atoms with Gasteiger partial charge in [0.2, 0.25) is 15.9 Å². The van der Waals surface area contributed by atoms with Crippen LogP contribution in [0.25, 0.3) is 0 Å². The first-order chi connectivity index (χ1) is 9.22. The van der Waals surface area contributed by atoms with Crippen molar-refractivity contribution in [2.75, 3.05) is 18.8 Å². The van der Waals surface area contributed by atoms with Crippen molar-refractivity contribution in [3.63, 3.8) is 0 Å². The first kappa shape index (κ1) is 16.4. The second-order valence-electron chi connectivity index (χ2n) is 4.70. The molecule has 112 valence electrons. The molecule has 0 bridgehead atoms. The Hall–Kier alpha value is -1.67. The van der Waals surface area contributed by atoms with E-state index in [9.17, 15) is 17.6 Å². The minimum absolute atomic E-state index is 0.0820. The molecule has 0 unspecified atom stereocenters. The van der Waals surface area contributed by atoms with Crippen LogP contribution in [-0.2, 0) is 14.8 Å². The van der Waals surface area contributed by atoms with E-state index in [0.717, 1.165) is 18.2 Å². The van der Waals surface area contributed by atoms with Crippen LogP contribution in [0.1, 0.15) is 13.8 Å². The highest BCUT2D eigenvalue weighted by Gasteiger charge is 2.19. The van der Waals surface area contributed by atoms with Crippen molar-refractivity contribution in [3.05, 3.63) is 24.0 Å². The van der Waals surface area contributed by atoms with Gasteiger partial charge in [-0.05, 0) is 24.1 Å². The molecular weight excluding hydrogens is 285 g/mol. The number of hydrogen-bond donors (Lipinski definition) is 3. The summed E-state index contributed by atoms with van der Waals surface area (Å²) in [5, 5.41) is 2.56. The zero-order valence-corrected chi connectivity index (χ0v) is 12.1. The van der Waals surface area contributed by atoms with E-state index in [4.69, 9.17) is 5.73 Å². The first-order valence-electron chi connectivity index (χ1n) is 6.04. The number of benzene rings is 1. The Bertz CT molecular complexity index is 588. The van der Waals surface area contributed by atoms with Gasteiger partial charge in [-0.15, -0.1) is 0 Å². The van der Waals surface area contributed by atoms with E-state index in [2.05, 4.69) is 10.0 Å². The molecule has 0 spiro atoms. The summed E-state index contributed by atoms with van der Waals surface area (Å²) in [5.41, 5.74) is 5.41. The fourth-order valence-corrected chi connectivity index (χ4v) is 2.48. The maximum Gasteiger partial charge on any atom is 0.243 e. The van der Waals surface area contributed by atoms with E-state index in [1.54, 1.807) is 0 Å². The van der Waals surface area contributed by atoms with Gasteiger partial charge in [-0.3, -0.25) is 4.79 Å². The molecule has 0 saturated carbocycles. The Morgan fingerprint density at radius 2 is 2.05 bits per heavy atom. The number of anilines is 1. The fourth-order valence-electron chi connectivity index (χ4n) is 1.36. The van der Waals surface area contributed by atoms with Crippen LogP contribution in [0.5, 0.6) is 0 Å². The van der Waals surface area contributed by atoms with E-state index in [1.807, 2.05) is 13.8 Å². The van der Waals surface area contributed by atoms with Crippen molar-refractivity contribution in [2.45, 2.75) is 18.7 Å². The maximum absolute atomic E-state index is 13.1. The average Bonchev–Trinajstić information content (AvgIpc) is 2.36. The van der Waals surface area contributed by atoms with Crippen LogP contribution < -0.4 is 15.8 Å². The Kier molecular flexibility index (Phi) is 5.46. The quantitative estimate of drug-likeness (QED) is 0.664. The van der Waals surface area contributed by atoms with Gasteiger partial charge >= 0.3 is 0 Å². The number of carbonyl (C=O) groups excluding carboxylic acids is 1. The summed E-state index contributed by atoms with van der Waals surface area (Å²) in [6.45, 7) is 3.85. The number of halogens is 1. The molecule has 0 aliphatic heterocycles. The summed E-state index contributed by atoms with van der Waals surface area (Å²) in [4.78, 5) is 11.1. The molecule has 0 aliphatic carbocycles. The van der Waals surface area contributed by atoms with Gasteiger partial charge in [-0.2, -0.15) is 0 Å². The largest absolute Gasteiger partial charge is 0.398 e. The van der Waals surface area contributed by atoms with Gasteiger partial charge in [0, 0.05) is 6.54 Å². The molecule has 0 fully saturated rings. The smallest absolute Gasteiger partial charge is 0.243 e. The molecule has 1 amide bonds. The third-order valence-electron chi connectivity index (χ3n) is 2.40. The van der Waals surface area contributed by atoms with Crippen molar-refractivity contribution >= 4 is 21.6 Å². The summed E-state index contributed by atoms with van der Waals surface area (Å²) < 4.78 is 39.0. The van der Waals surface area contributed by atoms with Crippen molar-refractivity contribution in [1.29, 1.82) is 0 Å². The SMILES string of the molecule is CC(C)CNC(=O)CNS(=O)(=O)c1cc(F)ccc1N. The topological polar surface area (TPSA) is 101 Å². The molecule has 8 heteroatoms. The number of nitrogens with one attached hydrogen (secondary N) is 2. The zero-order valence-electron chi connectivity index (χ0n) is 11.3. The molecule has 0 heterocycles. The number of amides is 1. The molecular formula is C12H18FN3O3S. The van der Waals surface area contributed by atoms with Crippen LogP contribution in [0.15, 0.2) is 23.1 Å². The van der Waals surface area contributed by atoms with Crippen LogP contribution >= 0.6 is 0 Å². The Morgan fingerprint density at radius 1 is 1.40 bits per heavy atom. The average molecular weight is 303 g/mol. The number of rotatable bonds is 6. The van der Waals surface area contributed by atoms with E-state index < -0.39 is 28.3 Å². The van der Waals surface area contributed by atoms with E-state index in [-0.39, 0.29) is 16.5 Å². The van der Waals surface area contributed by atoms with Crippen LogP contribution in [0.4, 0.5) is 10.1 Å².